The Balaban J connectivity index is 1.39. The lowest BCUT2D eigenvalue weighted by Crippen LogP contribution is -2.47. The number of carbonyl (C=O) groups excluding carboxylic acids is 2. The molecule has 3 N–H and O–H groups in total. The first-order chi connectivity index (χ1) is 20.3. The molecule has 214 valence electrons. The minimum atomic E-state index is -0.608. The quantitative estimate of drug-likeness (QED) is 0.282. The number of aromatic nitrogens is 1. The van der Waals surface area contributed by atoms with Gasteiger partial charge in [0.15, 0.2) is 11.6 Å². The van der Waals surface area contributed by atoms with Gasteiger partial charge in [-0.25, -0.2) is 4.39 Å². The number of fused-ring (bicyclic) bond motifs is 3. The highest BCUT2D eigenvalue weighted by molar-refractivity contribution is 6.20. The van der Waals surface area contributed by atoms with Crippen LogP contribution in [0.2, 0.25) is 0 Å². The van der Waals surface area contributed by atoms with E-state index < -0.39 is 11.7 Å². The van der Waals surface area contributed by atoms with Gasteiger partial charge in [0.05, 0.1) is 18.2 Å². The summed E-state index contributed by atoms with van der Waals surface area (Å²) in [7, 11) is 3.64. The van der Waals surface area contributed by atoms with Crippen LogP contribution in [0.3, 0.4) is 0 Å². The molecule has 0 unspecified atom stereocenters. The molecule has 1 saturated heterocycles. The van der Waals surface area contributed by atoms with E-state index in [1.165, 1.54) is 0 Å². The second-order valence-electron chi connectivity index (χ2n) is 10.5. The molecule has 9 heteroatoms. The summed E-state index contributed by atoms with van der Waals surface area (Å²) in [4.78, 5) is 32.9. The van der Waals surface area contributed by atoms with Crippen molar-refractivity contribution in [2.75, 3.05) is 40.3 Å². The Morgan fingerprint density at radius 3 is 2.43 bits per heavy atom. The summed E-state index contributed by atoms with van der Waals surface area (Å²) >= 11 is 0. The van der Waals surface area contributed by atoms with E-state index in [9.17, 15) is 9.59 Å². The number of hydrogen-bond donors (Lipinski definition) is 2. The lowest BCUT2D eigenvalue weighted by molar-refractivity contribution is 0.0664. The van der Waals surface area contributed by atoms with Gasteiger partial charge in [0.2, 0.25) is 0 Å². The fourth-order valence-corrected chi connectivity index (χ4v) is 5.48. The van der Waals surface area contributed by atoms with Crippen molar-refractivity contribution < 1.29 is 23.5 Å². The summed E-state index contributed by atoms with van der Waals surface area (Å²) < 4.78 is 27.0. The van der Waals surface area contributed by atoms with E-state index in [1.54, 1.807) is 49.6 Å². The first-order valence-electron chi connectivity index (χ1n) is 13.7. The van der Waals surface area contributed by atoms with Crippen LogP contribution in [0.5, 0.6) is 11.5 Å². The number of nitrogens with zero attached hydrogens (tertiary/aromatic N) is 2. The van der Waals surface area contributed by atoms with Gasteiger partial charge in [-0.15, -0.1) is 0 Å². The number of benzene rings is 4. The van der Waals surface area contributed by atoms with E-state index in [0.717, 1.165) is 29.8 Å². The number of carbonyl (C=O) groups is 2. The van der Waals surface area contributed by atoms with Gasteiger partial charge in [0.1, 0.15) is 12.4 Å². The molecular formula is C33H31FN4O4. The Labute approximate surface area is 242 Å². The highest BCUT2D eigenvalue weighted by Crippen LogP contribution is 2.39. The fraction of sp³-hybridized carbons (Fsp3) is 0.212. The number of nitrogens with two attached hydrogens (primary N) is 1. The van der Waals surface area contributed by atoms with Crippen molar-refractivity contribution >= 4 is 33.6 Å². The number of methoxy groups -OCH3 is 1. The third-order valence-electron chi connectivity index (χ3n) is 7.86. The average Bonchev–Trinajstić information content (AvgIpc) is 3.39. The van der Waals surface area contributed by atoms with Gasteiger partial charge in [0, 0.05) is 53.6 Å². The van der Waals surface area contributed by atoms with Crippen molar-refractivity contribution in [3.05, 3.63) is 95.3 Å². The maximum Gasteiger partial charge on any atom is 0.254 e. The number of likely N-dealkylation sites (N-methyl/N-ethyl adjacent to an activating group) is 1. The molecule has 42 heavy (non-hydrogen) atoms. The Bertz CT molecular complexity index is 1810. The van der Waals surface area contributed by atoms with Gasteiger partial charge in [-0.1, -0.05) is 36.4 Å². The molecule has 0 aliphatic carbocycles. The SMILES string of the molecule is COc1ccc(COc2cccc(-c3ccc(C(N)=O)c4[nH]c5cc(C(=O)N6CCN(C)CC6)ccc5c34)c2F)cc1. The number of primary amides is 1. The van der Waals surface area contributed by atoms with Crippen molar-refractivity contribution in [3.8, 4) is 22.6 Å². The maximum atomic E-state index is 16.0. The number of amides is 2. The number of H-pyrrole nitrogens is 1. The molecule has 8 nitrogen and oxygen atoms in total. The summed E-state index contributed by atoms with van der Waals surface area (Å²) in [6.45, 7) is 3.14. The number of halogens is 1. The van der Waals surface area contributed by atoms with E-state index in [-0.39, 0.29) is 23.8 Å². The van der Waals surface area contributed by atoms with Crippen LogP contribution in [0.1, 0.15) is 26.3 Å². The molecule has 5 aromatic rings. The van der Waals surface area contributed by atoms with Crippen molar-refractivity contribution in [2.24, 2.45) is 5.73 Å². The lowest BCUT2D eigenvalue weighted by Gasteiger charge is -2.32. The molecule has 0 atom stereocenters. The van der Waals surface area contributed by atoms with E-state index in [2.05, 4.69) is 9.88 Å². The normalized spacial score (nSPS) is 13.9. The summed E-state index contributed by atoms with van der Waals surface area (Å²) in [5.74, 6) is -0.341. The van der Waals surface area contributed by atoms with Crippen LogP contribution in [0.25, 0.3) is 32.9 Å². The van der Waals surface area contributed by atoms with Gasteiger partial charge in [-0.05, 0) is 54.6 Å². The molecule has 4 aromatic carbocycles. The second kappa shape index (κ2) is 11.2. The topological polar surface area (TPSA) is 101 Å². The molecule has 0 saturated carbocycles. The molecule has 0 radical (unpaired) electrons. The van der Waals surface area contributed by atoms with Crippen molar-refractivity contribution in [2.45, 2.75) is 6.61 Å². The van der Waals surface area contributed by atoms with Crippen molar-refractivity contribution in [1.82, 2.24) is 14.8 Å². The van der Waals surface area contributed by atoms with Crippen LogP contribution in [0, 0.1) is 5.82 Å². The van der Waals surface area contributed by atoms with E-state index >= 15 is 4.39 Å². The number of rotatable bonds is 7. The molecule has 1 aliphatic rings. The van der Waals surface area contributed by atoms with Crippen LogP contribution in [-0.2, 0) is 6.61 Å². The molecule has 1 fully saturated rings. The Morgan fingerprint density at radius 2 is 1.71 bits per heavy atom. The zero-order valence-corrected chi connectivity index (χ0v) is 23.4. The van der Waals surface area contributed by atoms with Gasteiger partial charge >= 0.3 is 0 Å². The number of nitrogens with one attached hydrogen (secondary N) is 1. The van der Waals surface area contributed by atoms with Gasteiger partial charge in [-0.2, -0.15) is 0 Å². The van der Waals surface area contributed by atoms with Crippen LogP contribution < -0.4 is 15.2 Å². The molecule has 1 aromatic heterocycles. The standard InChI is InChI=1S/C33H31FN4O4/c1-37-14-16-38(17-15-37)33(40)21-8-11-25-27(18-21)36-31-26(32(35)39)13-12-23(29(25)31)24-4-3-5-28(30(24)34)42-19-20-6-9-22(41-2)10-7-20/h3-13,18,36H,14-17,19H2,1-2H3,(H2,35,39). The second-order valence-corrected chi connectivity index (χ2v) is 10.5. The average molecular weight is 567 g/mol. The number of ether oxygens (including phenoxy) is 2. The first kappa shape index (κ1) is 27.3. The molecule has 6 rings (SSSR count). The highest BCUT2D eigenvalue weighted by Gasteiger charge is 2.23. The summed E-state index contributed by atoms with van der Waals surface area (Å²) in [5.41, 5.74) is 9.46. The maximum absolute atomic E-state index is 16.0. The smallest absolute Gasteiger partial charge is 0.254 e. The Kier molecular flexibility index (Phi) is 7.26. The minimum Gasteiger partial charge on any atom is -0.497 e. The van der Waals surface area contributed by atoms with Crippen LogP contribution in [0.15, 0.2) is 72.8 Å². The molecular weight excluding hydrogens is 535 g/mol. The van der Waals surface area contributed by atoms with E-state index in [4.69, 9.17) is 15.2 Å². The lowest BCUT2D eigenvalue weighted by atomic mass is 9.96. The number of piperazine rings is 1. The van der Waals surface area contributed by atoms with Gasteiger partial charge in [-0.3, -0.25) is 9.59 Å². The predicted molar refractivity (Wildman–Crippen MR) is 160 cm³/mol. The molecule has 2 heterocycles. The van der Waals surface area contributed by atoms with Crippen LogP contribution in [0.4, 0.5) is 4.39 Å². The zero-order valence-electron chi connectivity index (χ0n) is 23.4. The third kappa shape index (κ3) is 5.03. The number of hydrogen-bond acceptors (Lipinski definition) is 5. The van der Waals surface area contributed by atoms with Gasteiger partial charge in [0.25, 0.3) is 11.8 Å². The van der Waals surface area contributed by atoms with E-state index in [1.807, 2.05) is 42.3 Å². The van der Waals surface area contributed by atoms with Crippen LogP contribution in [-0.4, -0.2) is 66.9 Å². The molecule has 2 amide bonds. The van der Waals surface area contributed by atoms with Crippen LogP contribution >= 0.6 is 0 Å². The first-order valence-corrected chi connectivity index (χ1v) is 13.7. The number of aromatic amines is 1. The summed E-state index contributed by atoms with van der Waals surface area (Å²) in [6.07, 6.45) is 0. The monoisotopic (exact) mass is 566 g/mol. The minimum absolute atomic E-state index is 0.0493. The van der Waals surface area contributed by atoms with Gasteiger partial charge < -0.3 is 30.0 Å². The Morgan fingerprint density at radius 1 is 0.952 bits per heavy atom. The summed E-state index contributed by atoms with van der Waals surface area (Å²) in [5, 5.41) is 1.40. The molecule has 0 spiro atoms. The molecule has 1 aliphatic heterocycles. The fourth-order valence-electron chi connectivity index (χ4n) is 5.48. The largest absolute Gasteiger partial charge is 0.497 e. The van der Waals surface area contributed by atoms with E-state index in [0.29, 0.717) is 46.2 Å². The predicted octanol–water partition coefficient (Wildman–Crippen LogP) is 5.20. The molecule has 0 bridgehead atoms. The summed E-state index contributed by atoms with van der Waals surface area (Å²) in [6, 6.07) is 21.1. The highest BCUT2D eigenvalue weighted by atomic mass is 19.1. The zero-order chi connectivity index (χ0) is 29.4. The Hall–Kier alpha value is -4.89. The van der Waals surface area contributed by atoms with Crippen molar-refractivity contribution in [1.29, 1.82) is 0 Å². The third-order valence-corrected chi connectivity index (χ3v) is 7.86. The van der Waals surface area contributed by atoms with Crippen molar-refractivity contribution in [3.63, 3.8) is 0 Å².